The summed E-state index contributed by atoms with van der Waals surface area (Å²) >= 11 is 5.89. The first-order valence-corrected chi connectivity index (χ1v) is 9.53. The number of amides is 1. The number of rotatable bonds is 6. The van der Waals surface area contributed by atoms with Crippen LogP contribution in [0.15, 0.2) is 48.5 Å². The SMILES string of the molecule is Cc1cc(Cl)ccc1OCC(=O)OCC(=O)N1CCN(c2ccccc2)CC1. The van der Waals surface area contributed by atoms with E-state index in [-0.39, 0.29) is 19.1 Å². The van der Waals surface area contributed by atoms with Gasteiger partial charge in [0, 0.05) is 36.9 Å². The Balaban J connectivity index is 1.39. The molecule has 0 N–H and O–H groups in total. The van der Waals surface area contributed by atoms with Gasteiger partial charge in [-0.1, -0.05) is 29.8 Å². The van der Waals surface area contributed by atoms with E-state index in [9.17, 15) is 9.59 Å². The molecule has 1 fully saturated rings. The lowest BCUT2D eigenvalue weighted by Gasteiger charge is -2.36. The molecule has 0 bridgehead atoms. The van der Waals surface area contributed by atoms with Crippen molar-refractivity contribution < 1.29 is 19.1 Å². The van der Waals surface area contributed by atoms with Gasteiger partial charge < -0.3 is 19.3 Å². The lowest BCUT2D eigenvalue weighted by atomic mass is 10.2. The summed E-state index contributed by atoms with van der Waals surface area (Å²) in [5.74, 6) is -0.209. The number of hydrogen-bond donors (Lipinski definition) is 0. The number of carbonyl (C=O) groups is 2. The summed E-state index contributed by atoms with van der Waals surface area (Å²) in [6.45, 7) is 4.03. The number of anilines is 1. The molecule has 6 nitrogen and oxygen atoms in total. The van der Waals surface area contributed by atoms with Crippen LogP contribution in [0.5, 0.6) is 5.75 Å². The first-order chi connectivity index (χ1) is 13.5. The van der Waals surface area contributed by atoms with Crippen molar-refractivity contribution in [3.05, 3.63) is 59.1 Å². The molecule has 1 aliphatic heterocycles. The molecule has 2 aromatic carbocycles. The minimum absolute atomic E-state index is 0.191. The highest BCUT2D eigenvalue weighted by Crippen LogP contribution is 2.21. The standard InChI is InChI=1S/C21H23ClN2O4/c1-16-13-17(22)7-8-19(16)27-15-21(26)28-14-20(25)24-11-9-23(10-12-24)18-5-3-2-4-6-18/h2-8,13H,9-12,14-15H2,1H3. The van der Waals surface area contributed by atoms with E-state index in [2.05, 4.69) is 17.0 Å². The van der Waals surface area contributed by atoms with E-state index >= 15 is 0 Å². The normalized spacial score (nSPS) is 13.9. The van der Waals surface area contributed by atoms with Crippen molar-refractivity contribution >= 4 is 29.2 Å². The van der Waals surface area contributed by atoms with Gasteiger partial charge >= 0.3 is 5.97 Å². The van der Waals surface area contributed by atoms with Crippen LogP contribution in [-0.2, 0) is 14.3 Å². The minimum atomic E-state index is -0.578. The molecule has 0 saturated carbocycles. The Labute approximate surface area is 169 Å². The van der Waals surface area contributed by atoms with Crippen LogP contribution < -0.4 is 9.64 Å². The predicted octanol–water partition coefficient (Wildman–Crippen LogP) is 2.92. The summed E-state index contributed by atoms with van der Waals surface area (Å²) in [5.41, 5.74) is 1.98. The Kier molecular flexibility index (Phi) is 6.76. The largest absolute Gasteiger partial charge is 0.482 e. The average molecular weight is 403 g/mol. The summed E-state index contributed by atoms with van der Waals surface area (Å²) in [4.78, 5) is 28.1. The minimum Gasteiger partial charge on any atom is -0.482 e. The molecule has 148 valence electrons. The maximum Gasteiger partial charge on any atom is 0.344 e. The number of ether oxygens (including phenoxy) is 2. The van der Waals surface area contributed by atoms with Crippen LogP contribution in [0.1, 0.15) is 5.56 Å². The molecule has 0 spiro atoms. The van der Waals surface area contributed by atoms with Crippen LogP contribution in [0.3, 0.4) is 0 Å². The van der Waals surface area contributed by atoms with Gasteiger partial charge in [-0.2, -0.15) is 0 Å². The third-order valence-corrected chi connectivity index (χ3v) is 4.83. The summed E-state index contributed by atoms with van der Waals surface area (Å²) in [6.07, 6.45) is 0. The van der Waals surface area contributed by atoms with Gasteiger partial charge in [0.1, 0.15) is 5.75 Å². The third-order valence-electron chi connectivity index (χ3n) is 4.59. The first kappa shape index (κ1) is 20.0. The molecule has 1 aliphatic rings. The second-order valence-electron chi connectivity index (χ2n) is 6.56. The van der Waals surface area contributed by atoms with Gasteiger partial charge in [0.15, 0.2) is 13.2 Å². The van der Waals surface area contributed by atoms with Crippen LogP contribution >= 0.6 is 11.6 Å². The lowest BCUT2D eigenvalue weighted by molar-refractivity contribution is -0.153. The molecule has 28 heavy (non-hydrogen) atoms. The highest BCUT2D eigenvalue weighted by molar-refractivity contribution is 6.30. The topological polar surface area (TPSA) is 59.1 Å². The van der Waals surface area contributed by atoms with Gasteiger partial charge in [-0.05, 0) is 42.8 Å². The molecule has 1 heterocycles. The molecule has 0 atom stereocenters. The van der Waals surface area contributed by atoms with E-state index in [4.69, 9.17) is 21.1 Å². The number of esters is 1. The molecule has 0 radical (unpaired) electrons. The van der Waals surface area contributed by atoms with E-state index in [0.29, 0.717) is 23.9 Å². The zero-order valence-corrected chi connectivity index (χ0v) is 16.5. The van der Waals surface area contributed by atoms with Crippen LogP contribution in [0.25, 0.3) is 0 Å². The molecule has 0 unspecified atom stereocenters. The Morgan fingerprint density at radius 1 is 1.00 bits per heavy atom. The van der Waals surface area contributed by atoms with Crippen LogP contribution in [-0.4, -0.2) is 56.2 Å². The quantitative estimate of drug-likeness (QED) is 0.695. The molecule has 1 amide bonds. The van der Waals surface area contributed by atoms with Gasteiger partial charge in [0.05, 0.1) is 0 Å². The number of benzene rings is 2. The predicted molar refractivity (Wildman–Crippen MR) is 108 cm³/mol. The summed E-state index contributed by atoms with van der Waals surface area (Å²) in [6, 6.07) is 15.2. The average Bonchev–Trinajstić information content (AvgIpc) is 2.72. The third kappa shape index (κ3) is 5.39. The van der Waals surface area contributed by atoms with E-state index in [1.54, 1.807) is 23.1 Å². The van der Waals surface area contributed by atoms with E-state index in [1.807, 2.05) is 25.1 Å². The van der Waals surface area contributed by atoms with Crippen molar-refractivity contribution in [2.24, 2.45) is 0 Å². The zero-order valence-electron chi connectivity index (χ0n) is 15.8. The van der Waals surface area contributed by atoms with Gasteiger partial charge in [0.25, 0.3) is 5.91 Å². The Morgan fingerprint density at radius 3 is 2.39 bits per heavy atom. The molecule has 0 aliphatic carbocycles. The second kappa shape index (κ2) is 9.46. The van der Waals surface area contributed by atoms with Crippen molar-refractivity contribution in [2.45, 2.75) is 6.92 Å². The number of nitrogens with zero attached hydrogens (tertiary/aromatic N) is 2. The number of piperazine rings is 1. The highest BCUT2D eigenvalue weighted by Gasteiger charge is 2.22. The fourth-order valence-electron chi connectivity index (χ4n) is 3.04. The van der Waals surface area contributed by atoms with Gasteiger partial charge in [-0.25, -0.2) is 4.79 Å². The van der Waals surface area contributed by atoms with Crippen molar-refractivity contribution in [3.63, 3.8) is 0 Å². The zero-order chi connectivity index (χ0) is 19.9. The molecule has 1 saturated heterocycles. The summed E-state index contributed by atoms with van der Waals surface area (Å²) < 4.78 is 10.5. The van der Waals surface area contributed by atoms with Crippen LogP contribution in [0.2, 0.25) is 5.02 Å². The van der Waals surface area contributed by atoms with E-state index in [1.165, 1.54) is 0 Å². The maximum absolute atomic E-state index is 12.3. The highest BCUT2D eigenvalue weighted by atomic mass is 35.5. The van der Waals surface area contributed by atoms with Gasteiger partial charge in [0.2, 0.25) is 0 Å². The molecule has 3 rings (SSSR count). The van der Waals surface area contributed by atoms with Gasteiger partial charge in [-0.15, -0.1) is 0 Å². The van der Waals surface area contributed by atoms with Crippen LogP contribution in [0.4, 0.5) is 5.69 Å². The molecule has 2 aromatic rings. The Hall–Kier alpha value is -2.73. The molecule has 7 heteroatoms. The maximum atomic E-state index is 12.3. The van der Waals surface area contributed by atoms with Gasteiger partial charge in [-0.3, -0.25) is 4.79 Å². The fourth-order valence-corrected chi connectivity index (χ4v) is 3.27. The fraction of sp³-hybridized carbons (Fsp3) is 0.333. The van der Waals surface area contributed by atoms with Crippen molar-refractivity contribution in [1.82, 2.24) is 4.90 Å². The van der Waals surface area contributed by atoms with Crippen molar-refractivity contribution in [2.75, 3.05) is 44.3 Å². The number of halogens is 1. The van der Waals surface area contributed by atoms with Crippen molar-refractivity contribution in [1.29, 1.82) is 0 Å². The number of carbonyl (C=O) groups excluding carboxylic acids is 2. The molecular formula is C21H23ClN2O4. The Bertz CT molecular complexity index is 820. The first-order valence-electron chi connectivity index (χ1n) is 9.15. The van der Waals surface area contributed by atoms with Crippen molar-refractivity contribution in [3.8, 4) is 5.75 Å². The van der Waals surface area contributed by atoms with E-state index < -0.39 is 5.97 Å². The smallest absolute Gasteiger partial charge is 0.344 e. The Morgan fingerprint density at radius 2 is 1.71 bits per heavy atom. The summed E-state index contributed by atoms with van der Waals surface area (Å²) in [7, 11) is 0. The molecule has 0 aromatic heterocycles. The number of aryl methyl sites for hydroxylation is 1. The second-order valence-corrected chi connectivity index (χ2v) is 7.00. The van der Waals surface area contributed by atoms with Crippen LogP contribution in [0, 0.1) is 6.92 Å². The molecular weight excluding hydrogens is 380 g/mol. The lowest BCUT2D eigenvalue weighted by Crippen LogP contribution is -2.50. The monoisotopic (exact) mass is 402 g/mol. The van der Waals surface area contributed by atoms with E-state index in [0.717, 1.165) is 24.3 Å². The number of para-hydroxylation sites is 1. The summed E-state index contributed by atoms with van der Waals surface area (Å²) in [5, 5.41) is 0.602. The number of hydrogen-bond acceptors (Lipinski definition) is 5.